The van der Waals surface area contributed by atoms with Crippen LogP contribution in [0.2, 0.25) is 0 Å². The predicted octanol–water partition coefficient (Wildman–Crippen LogP) is 2.22. The summed E-state index contributed by atoms with van der Waals surface area (Å²) in [5.41, 5.74) is 0. The minimum atomic E-state index is -0.261. The summed E-state index contributed by atoms with van der Waals surface area (Å²) in [5.74, 6) is 1.25. The van der Waals surface area contributed by atoms with Crippen molar-refractivity contribution in [2.75, 3.05) is 13.2 Å². The van der Waals surface area contributed by atoms with Gasteiger partial charge in [0.2, 0.25) is 0 Å². The second-order valence-electron chi connectivity index (χ2n) is 4.05. The first-order chi connectivity index (χ1) is 7.29. The van der Waals surface area contributed by atoms with Gasteiger partial charge in [0.15, 0.2) is 0 Å². The molecule has 15 heavy (non-hydrogen) atoms. The van der Waals surface area contributed by atoms with E-state index in [0.29, 0.717) is 18.3 Å². The number of hydrogen-bond acceptors (Lipinski definition) is 2. The third kappa shape index (κ3) is 2.93. The van der Waals surface area contributed by atoms with Gasteiger partial charge in [-0.05, 0) is 43.0 Å². The molecule has 1 aromatic rings. The highest BCUT2D eigenvalue weighted by Gasteiger charge is 2.30. The van der Waals surface area contributed by atoms with Crippen molar-refractivity contribution in [2.45, 2.75) is 12.8 Å². The third-order valence-corrected chi connectivity index (χ3v) is 2.80. The molecule has 3 heteroatoms. The molecule has 0 bridgehead atoms. The first kappa shape index (κ1) is 10.4. The first-order valence-corrected chi connectivity index (χ1v) is 5.29. The molecule has 1 atom stereocenters. The van der Waals surface area contributed by atoms with E-state index in [-0.39, 0.29) is 18.3 Å². The zero-order valence-corrected chi connectivity index (χ0v) is 8.53. The number of aliphatic hydroxyl groups is 1. The summed E-state index contributed by atoms with van der Waals surface area (Å²) < 4.78 is 18.1. The van der Waals surface area contributed by atoms with E-state index in [2.05, 4.69) is 0 Å². The molecule has 0 aliphatic heterocycles. The van der Waals surface area contributed by atoms with Crippen molar-refractivity contribution in [3.05, 3.63) is 30.1 Å². The zero-order valence-electron chi connectivity index (χ0n) is 8.53. The molecule has 1 saturated carbocycles. The van der Waals surface area contributed by atoms with Gasteiger partial charge in [-0.15, -0.1) is 0 Å². The van der Waals surface area contributed by atoms with Crippen LogP contribution in [-0.4, -0.2) is 18.3 Å². The molecule has 0 saturated heterocycles. The summed E-state index contributed by atoms with van der Waals surface area (Å²) in [6.45, 7) is 0.693. The van der Waals surface area contributed by atoms with Gasteiger partial charge in [-0.3, -0.25) is 0 Å². The van der Waals surface area contributed by atoms with Crippen molar-refractivity contribution in [3.8, 4) is 5.75 Å². The molecule has 1 unspecified atom stereocenters. The maximum Gasteiger partial charge on any atom is 0.123 e. The van der Waals surface area contributed by atoms with Gasteiger partial charge in [-0.25, -0.2) is 4.39 Å². The first-order valence-electron chi connectivity index (χ1n) is 5.29. The fraction of sp³-hybridized carbons (Fsp3) is 0.500. The molecule has 0 amide bonds. The van der Waals surface area contributed by atoms with Crippen LogP contribution in [0.4, 0.5) is 4.39 Å². The second kappa shape index (κ2) is 4.62. The lowest BCUT2D eigenvalue weighted by atomic mass is 10.1. The van der Waals surface area contributed by atoms with Gasteiger partial charge in [0.25, 0.3) is 0 Å². The van der Waals surface area contributed by atoms with Crippen LogP contribution in [0, 0.1) is 17.7 Å². The smallest absolute Gasteiger partial charge is 0.123 e. The highest BCUT2D eigenvalue weighted by Crippen LogP contribution is 2.36. The van der Waals surface area contributed by atoms with Crippen molar-refractivity contribution < 1.29 is 14.2 Å². The van der Waals surface area contributed by atoms with Gasteiger partial charge >= 0.3 is 0 Å². The topological polar surface area (TPSA) is 29.5 Å². The number of ether oxygens (including phenoxy) is 1. The van der Waals surface area contributed by atoms with E-state index in [9.17, 15) is 4.39 Å². The van der Waals surface area contributed by atoms with Gasteiger partial charge in [-0.1, -0.05) is 0 Å². The van der Waals surface area contributed by atoms with Crippen molar-refractivity contribution in [3.63, 3.8) is 0 Å². The van der Waals surface area contributed by atoms with E-state index in [1.165, 1.54) is 25.0 Å². The molecular weight excluding hydrogens is 195 g/mol. The Balaban J connectivity index is 1.83. The number of hydrogen-bond donors (Lipinski definition) is 1. The maximum absolute atomic E-state index is 12.6. The largest absolute Gasteiger partial charge is 0.493 e. The van der Waals surface area contributed by atoms with Crippen molar-refractivity contribution >= 4 is 0 Å². The van der Waals surface area contributed by atoms with Crippen molar-refractivity contribution in [1.29, 1.82) is 0 Å². The minimum absolute atomic E-state index is 0.172. The normalized spacial score (nSPS) is 17.5. The lowest BCUT2D eigenvalue weighted by Crippen LogP contribution is -2.17. The molecule has 1 N–H and O–H groups in total. The van der Waals surface area contributed by atoms with Crippen LogP contribution >= 0.6 is 0 Å². The van der Waals surface area contributed by atoms with E-state index < -0.39 is 0 Å². The average molecular weight is 210 g/mol. The summed E-state index contributed by atoms with van der Waals surface area (Å²) in [5, 5.41) is 9.12. The lowest BCUT2D eigenvalue weighted by Gasteiger charge is -2.14. The molecule has 1 aromatic carbocycles. The Morgan fingerprint density at radius 2 is 2.00 bits per heavy atom. The van der Waals surface area contributed by atoms with E-state index in [0.717, 1.165) is 0 Å². The van der Waals surface area contributed by atoms with E-state index >= 15 is 0 Å². The molecule has 1 aliphatic rings. The van der Waals surface area contributed by atoms with Gasteiger partial charge in [0, 0.05) is 12.5 Å². The van der Waals surface area contributed by atoms with Gasteiger partial charge in [-0.2, -0.15) is 0 Å². The van der Waals surface area contributed by atoms with E-state index in [4.69, 9.17) is 9.84 Å². The maximum atomic E-state index is 12.6. The number of benzene rings is 1. The molecule has 0 radical (unpaired) electrons. The summed E-state index contributed by atoms with van der Waals surface area (Å²) in [6.07, 6.45) is 2.38. The summed E-state index contributed by atoms with van der Waals surface area (Å²) >= 11 is 0. The summed E-state index contributed by atoms with van der Waals surface area (Å²) in [4.78, 5) is 0. The molecule has 2 rings (SSSR count). The van der Waals surface area contributed by atoms with Gasteiger partial charge < -0.3 is 9.84 Å². The Bertz CT molecular complexity index is 306. The number of rotatable bonds is 5. The Morgan fingerprint density at radius 3 is 2.53 bits per heavy atom. The van der Waals surface area contributed by atoms with Crippen LogP contribution in [0.15, 0.2) is 24.3 Å². The third-order valence-electron chi connectivity index (χ3n) is 2.80. The quantitative estimate of drug-likeness (QED) is 0.807. The molecule has 0 spiro atoms. The average Bonchev–Trinajstić information content (AvgIpc) is 3.06. The Morgan fingerprint density at radius 1 is 1.33 bits per heavy atom. The Labute approximate surface area is 88.7 Å². The zero-order chi connectivity index (χ0) is 10.7. The van der Waals surface area contributed by atoms with Crippen molar-refractivity contribution in [1.82, 2.24) is 0 Å². The summed E-state index contributed by atoms with van der Waals surface area (Å²) in [7, 11) is 0. The highest BCUT2D eigenvalue weighted by atomic mass is 19.1. The number of halogens is 1. The van der Waals surface area contributed by atoms with E-state index in [1.807, 2.05) is 0 Å². The minimum Gasteiger partial charge on any atom is -0.493 e. The molecule has 2 nitrogen and oxygen atoms in total. The fourth-order valence-corrected chi connectivity index (χ4v) is 1.64. The standard InChI is InChI=1S/C12H15FO2/c13-11-3-5-12(6-4-11)15-8-10(7-14)9-1-2-9/h3-6,9-10,14H,1-2,7-8H2. The summed E-state index contributed by atoms with van der Waals surface area (Å²) in [6, 6.07) is 5.97. The molecule has 1 fully saturated rings. The number of aliphatic hydroxyl groups excluding tert-OH is 1. The van der Waals surface area contributed by atoms with Crippen LogP contribution in [-0.2, 0) is 0 Å². The van der Waals surface area contributed by atoms with Crippen LogP contribution in [0.25, 0.3) is 0 Å². The molecule has 82 valence electrons. The SMILES string of the molecule is OCC(COc1ccc(F)cc1)C1CC1. The van der Waals surface area contributed by atoms with Crippen LogP contribution in [0.1, 0.15) is 12.8 Å². The lowest BCUT2D eigenvalue weighted by molar-refractivity contribution is 0.147. The van der Waals surface area contributed by atoms with Crippen molar-refractivity contribution in [2.24, 2.45) is 11.8 Å². The molecular formula is C12H15FO2. The molecule has 1 aliphatic carbocycles. The second-order valence-corrected chi connectivity index (χ2v) is 4.05. The van der Waals surface area contributed by atoms with E-state index in [1.54, 1.807) is 12.1 Å². The monoisotopic (exact) mass is 210 g/mol. The van der Waals surface area contributed by atoms with Gasteiger partial charge in [0.05, 0.1) is 6.61 Å². The van der Waals surface area contributed by atoms with Crippen LogP contribution in [0.5, 0.6) is 5.75 Å². The van der Waals surface area contributed by atoms with Gasteiger partial charge in [0.1, 0.15) is 11.6 Å². The molecule has 0 aromatic heterocycles. The Hall–Kier alpha value is -1.09. The highest BCUT2D eigenvalue weighted by molar-refractivity contribution is 5.22. The predicted molar refractivity (Wildman–Crippen MR) is 55.2 cm³/mol. The van der Waals surface area contributed by atoms with Crippen LogP contribution < -0.4 is 4.74 Å². The van der Waals surface area contributed by atoms with Crippen LogP contribution in [0.3, 0.4) is 0 Å². The molecule has 0 heterocycles. The Kier molecular flexibility index (Phi) is 3.21. The fourth-order valence-electron chi connectivity index (χ4n) is 1.64.